The van der Waals surface area contributed by atoms with E-state index >= 15 is 0 Å². The fourth-order valence-electron chi connectivity index (χ4n) is 1.78. The zero-order valence-electron chi connectivity index (χ0n) is 11.0. The predicted molar refractivity (Wildman–Crippen MR) is 77.3 cm³/mol. The summed E-state index contributed by atoms with van der Waals surface area (Å²) in [4.78, 5) is -0.610. The topological polar surface area (TPSA) is 115 Å². The van der Waals surface area contributed by atoms with Crippen molar-refractivity contribution < 1.29 is 21.4 Å². The first-order valence-electron chi connectivity index (χ1n) is 5.81. The van der Waals surface area contributed by atoms with E-state index in [4.69, 9.17) is 10.3 Å². The van der Waals surface area contributed by atoms with E-state index in [0.717, 1.165) is 23.8 Å². The minimum absolute atomic E-state index is 0.0550. The van der Waals surface area contributed by atoms with Crippen molar-refractivity contribution in [3.63, 3.8) is 0 Å². The number of benzene rings is 2. The van der Waals surface area contributed by atoms with Crippen LogP contribution in [0.15, 0.2) is 57.2 Å². The number of aryl methyl sites for hydroxylation is 1. The van der Waals surface area contributed by atoms with Crippen LogP contribution in [0, 0.1) is 6.92 Å². The molecule has 0 saturated heterocycles. The lowest BCUT2D eigenvalue weighted by Gasteiger charge is -2.09. The highest BCUT2D eigenvalue weighted by molar-refractivity contribution is 7.91. The van der Waals surface area contributed by atoms with Crippen molar-refractivity contribution >= 4 is 25.6 Å². The summed E-state index contributed by atoms with van der Waals surface area (Å²) in [6.45, 7) is 1.83. The third-order valence-electron chi connectivity index (χ3n) is 2.90. The Morgan fingerprint density at radius 3 is 1.90 bits per heavy atom. The lowest BCUT2D eigenvalue weighted by atomic mass is 10.2. The van der Waals surface area contributed by atoms with E-state index in [2.05, 4.69) is 0 Å². The van der Waals surface area contributed by atoms with E-state index in [1.807, 2.05) is 6.92 Å². The molecule has 2 aromatic carbocycles. The molecule has 0 radical (unpaired) electrons. The van der Waals surface area contributed by atoms with Crippen LogP contribution < -0.4 is 5.73 Å². The molecular formula is C13H13NO5S2. The predicted octanol–water partition coefficient (Wildman–Crippen LogP) is 1.66. The fraction of sp³-hybridized carbons (Fsp3) is 0.0769. The molecule has 6 nitrogen and oxygen atoms in total. The molecule has 0 aliphatic rings. The molecule has 0 atom stereocenters. The van der Waals surface area contributed by atoms with E-state index < -0.39 is 24.9 Å². The van der Waals surface area contributed by atoms with Gasteiger partial charge in [0.25, 0.3) is 10.1 Å². The molecular weight excluding hydrogens is 314 g/mol. The Balaban J connectivity index is 2.58. The Kier molecular flexibility index (Phi) is 3.79. The SMILES string of the molecule is Cc1ccc(S(=O)(=O)c2ccc(S(=O)(=O)O)cc2N)cc1. The molecule has 2 rings (SSSR count). The second kappa shape index (κ2) is 5.14. The molecule has 0 heterocycles. The molecule has 0 amide bonds. The standard InChI is InChI=1S/C13H13NO5S2/c1-9-2-4-10(5-3-9)20(15,16)13-7-6-11(8-12(13)14)21(17,18)19/h2-8H,14H2,1H3,(H,17,18,19). The zero-order valence-corrected chi connectivity index (χ0v) is 12.6. The summed E-state index contributed by atoms with van der Waals surface area (Å²) >= 11 is 0. The van der Waals surface area contributed by atoms with Gasteiger partial charge in [-0.15, -0.1) is 0 Å². The Labute approximate surface area is 122 Å². The molecule has 8 heteroatoms. The summed E-state index contributed by atoms with van der Waals surface area (Å²) in [7, 11) is -8.28. The number of sulfone groups is 1. The van der Waals surface area contributed by atoms with Crippen LogP contribution in [0.1, 0.15) is 5.56 Å². The van der Waals surface area contributed by atoms with Crippen molar-refractivity contribution in [3.05, 3.63) is 48.0 Å². The molecule has 0 spiro atoms. The van der Waals surface area contributed by atoms with Crippen molar-refractivity contribution in [3.8, 4) is 0 Å². The third kappa shape index (κ3) is 3.07. The van der Waals surface area contributed by atoms with Gasteiger partial charge >= 0.3 is 0 Å². The molecule has 0 aliphatic carbocycles. The van der Waals surface area contributed by atoms with Crippen LogP contribution in [-0.4, -0.2) is 21.4 Å². The third-order valence-corrected chi connectivity index (χ3v) is 5.59. The van der Waals surface area contributed by atoms with Gasteiger partial charge < -0.3 is 5.73 Å². The lowest BCUT2D eigenvalue weighted by Crippen LogP contribution is -2.07. The number of hydrogen-bond donors (Lipinski definition) is 2. The van der Waals surface area contributed by atoms with E-state index in [9.17, 15) is 16.8 Å². The van der Waals surface area contributed by atoms with E-state index in [-0.39, 0.29) is 15.5 Å². The summed E-state index contributed by atoms with van der Waals surface area (Å²) in [5, 5.41) is 0. The minimum atomic E-state index is -4.43. The van der Waals surface area contributed by atoms with Gasteiger partial charge in [0.15, 0.2) is 0 Å². The first-order chi connectivity index (χ1) is 9.62. The van der Waals surface area contributed by atoms with Gasteiger partial charge in [-0.25, -0.2) is 8.42 Å². The van der Waals surface area contributed by atoms with Gasteiger partial charge in [0.1, 0.15) is 0 Å². The van der Waals surface area contributed by atoms with Gasteiger partial charge in [-0.05, 0) is 37.3 Å². The van der Waals surface area contributed by atoms with Crippen molar-refractivity contribution in [2.45, 2.75) is 21.6 Å². The largest absolute Gasteiger partial charge is 0.398 e. The maximum absolute atomic E-state index is 12.4. The molecule has 0 bridgehead atoms. The second-order valence-corrected chi connectivity index (χ2v) is 7.83. The summed E-state index contributed by atoms with van der Waals surface area (Å²) in [6, 6.07) is 9.16. The zero-order chi connectivity index (χ0) is 15.8. The van der Waals surface area contributed by atoms with Crippen molar-refractivity contribution in [2.75, 3.05) is 5.73 Å². The molecule has 0 aromatic heterocycles. The van der Waals surface area contributed by atoms with E-state index in [1.165, 1.54) is 12.1 Å². The van der Waals surface area contributed by atoms with Crippen LogP contribution in [0.4, 0.5) is 5.69 Å². The van der Waals surface area contributed by atoms with Crippen LogP contribution in [-0.2, 0) is 20.0 Å². The molecule has 0 unspecified atom stereocenters. The number of rotatable bonds is 3. The Morgan fingerprint density at radius 2 is 1.43 bits per heavy atom. The first kappa shape index (κ1) is 15.5. The van der Waals surface area contributed by atoms with Gasteiger partial charge in [0.05, 0.1) is 20.4 Å². The van der Waals surface area contributed by atoms with Crippen molar-refractivity contribution in [2.24, 2.45) is 0 Å². The first-order valence-corrected chi connectivity index (χ1v) is 8.73. The maximum Gasteiger partial charge on any atom is 0.294 e. The number of anilines is 1. The average Bonchev–Trinajstić information content (AvgIpc) is 2.37. The van der Waals surface area contributed by atoms with Gasteiger partial charge in [0, 0.05) is 0 Å². The number of nitrogens with two attached hydrogens (primary N) is 1. The summed E-state index contributed by atoms with van der Waals surface area (Å²) < 4.78 is 55.8. The molecule has 0 fully saturated rings. The Hall–Kier alpha value is -1.90. The fourth-order valence-corrected chi connectivity index (χ4v) is 3.66. The van der Waals surface area contributed by atoms with Gasteiger partial charge in [-0.3, -0.25) is 4.55 Å². The Bertz CT molecular complexity index is 885. The van der Waals surface area contributed by atoms with Crippen molar-refractivity contribution in [1.29, 1.82) is 0 Å². The summed E-state index contributed by atoms with van der Waals surface area (Å²) in [5.74, 6) is 0. The monoisotopic (exact) mass is 327 g/mol. The number of hydrogen-bond acceptors (Lipinski definition) is 5. The van der Waals surface area contributed by atoms with Crippen LogP contribution in [0.2, 0.25) is 0 Å². The molecule has 21 heavy (non-hydrogen) atoms. The van der Waals surface area contributed by atoms with Gasteiger partial charge in [-0.1, -0.05) is 17.7 Å². The molecule has 3 N–H and O–H groups in total. The van der Waals surface area contributed by atoms with Gasteiger partial charge in [-0.2, -0.15) is 8.42 Å². The van der Waals surface area contributed by atoms with Crippen LogP contribution in [0.5, 0.6) is 0 Å². The van der Waals surface area contributed by atoms with Crippen LogP contribution in [0.3, 0.4) is 0 Å². The highest BCUT2D eigenvalue weighted by atomic mass is 32.2. The van der Waals surface area contributed by atoms with Crippen LogP contribution >= 0.6 is 0 Å². The van der Waals surface area contributed by atoms with E-state index in [1.54, 1.807) is 12.1 Å². The second-order valence-electron chi connectivity index (χ2n) is 4.49. The highest BCUT2D eigenvalue weighted by Gasteiger charge is 2.22. The van der Waals surface area contributed by atoms with Crippen molar-refractivity contribution in [1.82, 2.24) is 0 Å². The summed E-state index contributed by atoms with van der Waals surface area (Å²) in [6.07, 6.45) is 0. The van der Waals surface area contributed by atoms with Crippen LogP contribution in [0.25, 0.3) is 0 Å². The highest BCUT2D eigenvalue weighted by Crippen LogP contribution is 2.28. The maximum atomic E-state index is 12.4. The molecule has 0 saturated carbocycles. The lowest BCUT2D eigenvalue weighted by molar-refractivity contribution is 0.483. The Morgan fingerprint density at radius 1 is 0.905 bits per heavy atom. The smallest absolute Gasteiger partial charge is 0.294 e. The minimum Gasteiger partial charge on any atom is -0.398 e. The normalized spacial score (nSPS) is 12.3. The molecule has 2 aromatic rings. The molecule has 112 valence electrons. The number of nitrogen functional groups attached to an aromatic ring is 1. The summed E-state index contributed by atoms with van der Waals surface area (Å²) in [5.41, 5.74) is 6.28. The average molecular weight is 327 g/mol. The molecule has 0 aliphatic heterocycles. The quantitative estimate of drug-likeness (QED) is 0.654. The van der Waals surface area contributed by atoms with E-state index in [0.29, 0.717) is 0 Å². The van der Waals surface area contributed by atoms with Gasteiger partial charge in [0.2, 0.25) is 9.84 Å².